The first-order valence-electron chi connectivity index (χ1n) is 6.35. The van der Waals surface area contributed by atoms with E-state index in [2.05, 4.69) is 30.0 Å². The molecule has 0 aliphatic rings. The lowest BCUT2D eigenvalue weighted by atomic mass is 10.1. The zero-order chi connectivity index (χ0) is 13.1. The number of hydrogen-bond donors (Lipinski definition) is 1. The van der Waals surface area contributed by atoms with Crippen molar-refractivity contribution in [2.45, 2.75) is 39.3 Å². The topological polar surface area (TPSA) is 55.9 Å². The minimum Gasteiger partial charge on any atom is -0.386 e. The Bertz CT molecular complexity index is 515. The average Bonchev–Trinajstić information content (AvgIpc) is 2.95. The van der Waals surface area contributed by atoms with E-state index in [0.717, 1.165) is 24.4 Å². The van der Waals surface area contributed by atoms with E-state index in [1.165, 1.54) is 0 Å². The SMILES string of the molecule is CCc1cc(CC(O)c2cn(C)cn2)n(CC)n1. The van der Waals surface area contributed by atoms with E-state index in [4.69, 9.17) is 0 Å². The van der Waals surface area contributed by atoms with Gasteiger partial charge in [0.15, 0.2) is 0 Å². The third-order valence-corrected chi connectivity index (χ3v) is 3.04. The molecule has 0 aliphatic heterocycles. The number of aryl methyl sites for hydroxylation is 3. The predicted octanol–water partition coefficient (Wildman–Crippen LogP) is 1.47. The quantitative estimate of drug-likeness (QED) is 0.872. The largest absolute Gasteiger partial charge is 0.386 e. The summed E-state index contributed by atoms with van der Waals surface area (Å²) in [6, 6.07) is 2.07. The normalized spacial score (nSPS) is 12.9. The van der Waals surface area contributed by atoms with E-state index in [9.17, 15) is 5.11 Å². The molecule has 0 radical (unpaired) electrons. The van der Waals surface area contributed by atoms with Crippen molar-refractivity contribution in [3.05, 3.63) is 35.7 Å². The van der Waals surface area contributed by atoms with Crippen LogP contribution in [0.4, 0.5) is 0 Å². The molecule has 1 atom stereocenters. The summed E-state index contributed by atoms with van der Waals surface area (Å²) < 4.78 is 3.79. The van der Waals surface area contributed by atoms with Crippen LogP contribution in [-0.4, -0.2) is 24.4 Å². The van der Waals surface area contributed by atoms with Crippen molar-refractivity contribution < 1.29 is 5.11 Å². The molecule has 1 N–H and O–H groups in total. The minimum atomic E-state index is -0.571. The number of aliphatic hydroxyl groups is 1. The predicted molar refractivity (Wildman–Crippen MR) is 69.2 cm³/mol. The van der Waals surface area contributed by atoms with Gasteiger partial charge in [0.05, 0.1) is 17.7 Å². The van der Waals surface area contributed by atoms with Crippen molar-refractivity contribution in [1.82, 2.24) is 19.3 Å². The van der Waals surface area contributed by atoms with Crippen LogP contribution in [0.15, 0.2) is 18.6 Å². The van der Waals surface area contributed by atoms with Crippen LogP contribution in [0.2, 0.25) is 0 Å². The molecule has 2 aromatic rings. The molecule has 18 heavy (non-hydrogen) atoms. The number of imidazole rings is 1. The first-order valence-corrected chi connectivity index (χ1v) is 6.35. The van der Waals surface area contributed by atoms with Crippen molar-refractivity contribution in [1.29, 1.82) is 0 Å². The Kier molecular flexibility index (Phi) is 3.81. The van der Waals surface area contributed by atoms with Crippen molar-refractivity contribution in [3.8, 4) is 0 Å². The summed E-state index contributed by atoms with van der Waals surface area (Å²) in [6.07, 6.45) is 4.45. The Morgan fingerprint density at radius 3 is 2.72 bits per heavy atom. The van der Waals surface area contributed by atoms with Gasteiger partial charge < -0.3 is 9.67 Å². The van der Waals surface area contributed by atoms with E-state index in [1.54, 1.807) is 6.33 Å². The second-order valence-corrected chi connectivity index (χ2v) is 4.48. The molecule has 5 nitrogen and oxygen atoms in total. The van der Waals surface area contributed by atoms with E-state index >= 15 is 0 Å². The Balaban J connectivity index is 2.15. The van der Waals surface area contributed by atoms with Crippen molar-refractivity contribution >= 4 is 0 Å². The summed E-state index contributed by atoms with van der Waals surface area (Å²) in [7, 11) is 1.90. The second kappa shape index (κ2) is 5.35. The van der Waals surface area contributed by atoms with Gasteiger partial charge in [-0.2, -0.15) is 5.10 Å². The van der Waals surface area contributed by atoms with E-state index < -0.39 is 6.10 Å². The van der Waals surface area contributed by atoms with Crippen LogP contribution in [0.25, 0.3) is 0 Å². The van der Waals surface area contributed by atoms with Crippen molar-refractivity contribution in [2.24, 2.45) is 7.05 Å². The lowest BCUT2D eigenvalue weighted by Gasteiger charge is -2.09. The fourth-order valence-electron chi connectivity index (χ4n) is 2.03. The molecule has 2 heterocycles. The number of nitrogens with zero attached hydrogens (tertiary/aromatic N) is 4. The Morgan fingerprint density at radius 1 is 1.39 bits per heavy atom. The van der Waals surface area contributed by atoms with Crippen molar-refractivity contribution in [3.63, 3.8) is 0 Å². The fraction of sp³-hybridized carbons (Fsp3) is 0.538. The maximum atomic E-state index is 10.2. The van der Waals surface area contributed by atoms with Gasteiger partial charge in [-0.25, -0.2) is 4.98 Å². The molecular formula is C13H20N4O. The molecule has 0 fully saturated rings. The molecule has 98 valence electrons. The molecule has 0 spiro atoms. The van der Waals surface area contributed by atoms with Crippen LogP contribution in [0.3, 0.4) is 0 Å². The monoisotopic (exact) mass is 248 g/mol. The third-order valence-electron chi connectivity index (χ3n) is 3.04. The Labute approximate surface area is 107 Å². The molecule has 1 unspecified atom stereocenters. The fourth-order valence-corrected chi connectivity index (χ4v) is 2.03. The van der Waals surface area contributed by atoms with Gasteiger partial charge in [0.25, 0.3) is 0 Å². The van der Waals surface area contributed by atoms with Gasteiger partial charge in [-0.1, -0.05) is 6.92 Å². The first-order chi connectivity index (χ1) is 8.63. The molecule has 2 aromatic heterocycles. The zero-order valence-electron chi connectivity index (χ0n) is 11.2. The van der Waals surface area contributed by atoms with Gasteiger partial charge in [-0.05, 0) is 19.4 Å². The molecule has 5 heteroatoms. The number of aromatic nitrogens is 4. The molecule has 0 saturated carbocycles. The summed E-state index contributed by atoms with van der Waals surface area (Å²) in [6.45, 7) is 4.97. The Morgan fingerprint density at radius 2 is 2.17 bits per heavy atom. The maximum Gasteiger partial charge on any atom is 0.103 e. The van der Waals surface area contributed by atoms with Gasteiger partial charge in [0.1, 0.15) is 6.10 Å². The number of rotatable bonds is 5. The average molecular weight is 248 g/mol. The maximum absolute atomic E-state index is 10.2. The first kappa shape index (κ1) is 12.8. The highest BCUT2D eigenvalue weighted by atomic mass is 16.3. The molecule has 0 bridgehead atoms. The molecule has 0 saturated heterocycles. The minimum absolute atomic E-state index is 0.553. The standard InChI is InChI=1S/C13H20N4O/c1-4-10-6-11(17(5-2)15-10)7-13(18)12-8-16(3)9-14-12/h6,8-9,13,18H,4-5,7H2,1-3H3. The van der Waals surface area contributed by atoms with Gasteiger partial charge in [0, 0.05) is 31.9 Å². The third kappa shape index (κ3) is 2.61. The van der Waals surface area contributed by atoms with E-state index in [-0.39, 0.29) is 0 Å². The smallest absolute Gasteiger partial charge is 0.103 e. The van der Waals surface area contributed by atoms with Crippen LogP contribution < -0.4 is 0 Å². The number of aliphatic hydroxyl groups excluding tert-OH is 1. The van der Waals surface area contributed by atoms with Gasteiger partial charge in [0.2, 0.25) is 0 Å². The lowest BCUT2D eigenvalue weighted by molar-refractivity contribution is 0.171. The Hall–Kier alpha value is -1.62. The second-order valence-electron chi connectivity index (χ2n) is 4.48. The molecular weight excluding hydrogens is 228 g/mol. The molecule has 0 aliphatic carbocycles. The highest BCUT2D eigenvalue weighted by molar-refractivity contribution is 5.14. The van der Waals surface area contributed by atoms with Gasteiger partial charge in [-0.15, -0.1) is 0 Å². The summed E-state index contributed by atoms with van der Waals surface area (Å²) >= 11 is 0. The summed E-state index contributed by atoms with van der Waals surface area (Å²) in [4.78, 5) is 4.18. The van der Waals surface area contributed by atoms with Gasteiger partial charge >= 0.3 is 0 Å². The van der Waals surface area contributed by atoms with E-state index in [0.29, 0.717) is 12.1 Å². The van der Waals surface area contributed by atoms with Crippen LogP contribution in [0, 0.1) is 0 Å². The molecule has 0 amide bonds. The molecule has 0 aromatic carbocycles. The summed E-state index contributed by atoms with van der Waals surface area (Å²) in [5, 5.41) is 14.7. The van der Waals surface area contributed by atoms with Crippen LogP contribution in [0.1, 0.15) is 37.0 Å². The number of hydrogen-bond acceptors (Lipinski definition) is 3. The van der Waals surface area contributed by atoms with Crippen LogP contribution in [0.5, 0.6) is 0 Å². The summed E-state index contributed by atoms with van der Waals surface area (Å²) in [5.41, 5.74) is 2.84. The molecule has 2 rings (SSSR count). The van der Waals surface area contributed by atoms with E-state index in [1.807, 2.05) is 22.5 Å². The summed E-state index contributed by atoms with van der Waals surface area (Å²) in [5.74, 6) is 0. The highest BCUT2D eigenvalue weighted by Crippen LogP contribution is 2.17. The highest BCUT2D eigenvalue weighted by Gasteiger charge is 2.15. The lowest BCUT2D eigenvalue weighted by Crippen LogP contribution is -2.08. The van der Waals surface area contributed by atoms with Crippen LogP contribution in [-0.2, 0) is 26.4 Å². The van der Waals surface area contributed by atoms with Crippen LogP contribution >= 0.6 is 0 Å². The van der Waals surface area contributed by atoms with Gasteiger partial charge in [-0.3, -0.25) is 4.68 Å². The van der Waals surface area contributed by atoms with Crippen molar-refractivity contribution in [2.75, 3.05) is 0 Å². The zero-order valence-corrected chi connectivity index (χ0v) is 11.2.